The number of amides is 2. The summed E-state index contributed by atoms with van der Waals surface area (Å²) in [5.74, 6) is 1.63. The number of nitrogens with one attached hydrogen (secondary N) is 2. The van der Waals surface area contributed by atoms with Gasteiger partial charge in [-0.25, -0.2) is 9.78 Å². The molecule has 2 aromatic rings. The van der Waals surface area contributed by atoms with Crippen LogP contribution < -0.4 is 10.6 Å². The number of rotatable bonds is 5. The Morgan fingerprint density at radius 2 is 2.13 bits per heavy atom. The van der Waals surface area contributed by atoms with E-state index < -0.39 is 0 Å². The molecule has 0 spiro atoms. The lowest BCUT2D eigenvalue weighted by atomic mass is 9.96. The number of benzene rings is 1. The van der Waals surface area contributed by atoms with Crippen molar-refractivity contribution < 1.29 is 13.9 Å². The van der Waals surface area contributed by atoms with Crippen LogP contribution in [0.25, 0.3) is 0 Å². The summed E-state index contributed by atoms with van der Waals surface area (Å²) < 4.78 is 11.1. The van der Waals surface area contributed by atoms with Gasteiger partial charge in [-0.3, -0.25) is 0 Å². The lowest BCUT2D eigenvalue weighted by molar-refractivity contribution is 0.110. The summed E-state index contributed by atoms with van der Waals surface area (Å²) in [4.78, 5) is 15.8. The molecular formula is C17H21N3O3. The second kappa shape index (κ2) is 7.28. The summed E-state index contributed by atoms with van der Waals surface area (Å²) >= 11 is 0. The lowest BCUT2D eigenvalue weighted by Crippen LogP contribution is -2.39. The van der Waals surface area contributed by atoms with Crippen LogP contribution in [0.1, 0.15) is 29.6 Å². The number of carbonyl (C=O) groups excluding carboxylic acids is 1. The molecule has 1 aliphatic rings. The Morgan fingerprint density at radius 3 is 2.87 bits per heavy atom. The molecule has 0 saturated carbocycles. The van der Waals surface area contributed by atoms with Crippen molar-refractivity contribution >= 4 is 6.03 Å². The Bertz CT molecular complexity index is 642. The Labute approximate surface area is 135 Å². The first-order valence-electron chi connectivity index (χ1n) is 7.80. The first-order chi connectivity index (χ1) is 11.2. The summed E-state index contributed by atoms with van der Waals surface area (Å²) in [7, 11) is 0. The largest absolute Gasteiger partial charge is 0.444 e. The first-order valence-corrected chi connectivity index (χ1v) is 7.80. The predicted molar refractivity (Wildman–Crippen MR) is 85.0 cm³/mol. The van der Waals surface area contributed by atoms with Gasteiger partial charge in [-0.2, -0.15) is 0 Å². The summed E-state index contributed by atoms with van der Waals surface area (Å²) in [6, 6.07) is 10.1. The van der Waals surface area contributed by atoms with E-state index in [1.54, 1.807) is 13.1 Å². The van der Waals surface area contributed by atoms with Crippen molar-refractivity contribution in [3.8, 4) is 0 Å². The van der Waals surface area contributed by atoms with Crippen LogP contribution in [0.3, 0.4) is 0 Å². The van der Waals surface area contributed by atoms with E-state index in [2.05, 4.69) is 27.8 Å². The van der Waals surface area contributed by atoms with Crippen LogP contribution in [0.2, 0.25) is 0 Å². The topological polar surface area (TPSA) is 76.4 Å². The van der Waals surface area contributed by atoms with Gasteiger partial charge in [0.15, 0.2) is 5.89 Å². The van der Waals surface area contributed by atoms with Crippen LogP contribution in [-0.2, 0) is 11.3 Å². The van der Waals surface area contributed by atoms with E-state index in [1.807, 2.05) is 18.2 Å². The van der Waals surface area contributed by atoms with E-state index in [0.717, 1.165) is 6.42 Å². The molecule has 122 valence electrons. The third kappa shape index (κ3) is 4.32. The van der Waals surface area contributed by atoms with E-state index >= 15 is 0 Å². The van der Waals surface area contributed by atoms with E-state index in [1.165, 1.54) is 5.56 Å². The van der Waals surface area contributed by atoms with Gasteiger partial charge >= 0.3 is 6.03 Å². The van der Waals surface area contributed by atoms with Gasteiger partial charge in [0.05, 0.1) is 25.5 Å². The molecule has 0 bridgehead atoms. The van der Waals surface area contributed by atoms with E-state index in [9.17, 15) is 4.79 Å². The summed E-state index contributed by atoms with van der Waals surface area (Å²) in [5.41, 5.74) is 1.29. The number of nitrogens with zero attached hydrogens (tertiary/aromatic N) is 1. The number of carbonyl (C=O) groups is 1. The minimum Gasteiger partial charge on any atom is -0.444 e. The Kier molecular flexibility index (Phi) is 4.92. The van der Waals surface area contributed by atoms with Crippen molar-refractivity contribution in [1.82, 2.24) is 15.6 Å². The van der Waals surface area contributed by atoms with Crippen LogP contribution in [0.15, 0.2) is 40.9 Å². The minimum absolute atomic E-state index is 0.0541. The summed E-state index contributed by atoms with van der Waals surface area (Å²) in [6.45, 7) is 3.30. The van der Waals surface area contributed by atoms with Crippen molar-refractivity contribution in [3.05, 3.63) is 53.7 Å². The molecule has 1 aromatic heterocycles. The smallest absolute Gasteiger partial charge is 0.315 e. The van der Waals surface area contributed by atoms with Gasteiger partial charge in [-0.1, -0.05) is 30.3 Å². The number of urea groups is 1. The minimum atomic E-state index is -0.231. The van der Waals surface area contributed by atoms with E-state index in [0.29, 0.717) is 37.3 Å². The zero-order valence-corrected chi connectivity index (χ0v) is 13.1. The molecule has 1 aliphatic heterocycles. The maximum absolute atomic E-state index is 11.8. The van der Waals surface area contributed by atoms with Crippen molar-refractivity contribution in [2.45, 2.75) is 31.9 Å². The maximum Gasteiger partial charge on any atom is 0.315 e. The quantitative estimate of drug-likeness (QED) is 0.888. The molecule has 2 heterocycles. The SMILES string of the molecule is Cc1ncc(CNC(=O)NC[C@@H]2C[C@H](c3ccccc3)CO2)o1. The van der Waals surface area contributed by atoms with Gasteiger partial charge in [0.1, 0.15) is 5.76 Å². The molecule has 1 saturated heterocycles. The van der Waals surface area contributed by atoms with Crippen molar-refractivity contribution in [2.75, 3.05) is 13.2 Å². The van der Waals surface area contributed by atoms with Gasteiger partial charge in [0, 0.05) is 19.4 Å². The molecule has 0 unspecified atom stereocenters. The number of hydrogen-bond donors (Lipinski definition) is 2. The van der Waals surface area contributed by atoms with Crippen molar-refractivity contribution in [3.63, 3.8) is 0 Å². The fourth-order valence-electron chi connectivity index (χ4n) is 2.73. The van der Waals surface area contributed by atoms with Crippen LogP contribution in [0.4, 0.5) is 4.79 Å². The van der Waals surface area contributed by atoms with E-state index in [-0.39, 0.29) is 12.1 Å². The Hall–Kier alpha value is -2.34. The van der Waals surface area contributed by atoms with Crippen LogP contribution >= 0.6 is 0 Å². The van der Waals surface area contributed by atoms with Gasteiger partial charge in [0.25, 0.3) is 0 Å². The van der Waals surface area contributed by atoms with Crippen molar-refractivity contribution in [1.29, 1.82) is 0 Å². The third-order valence-corrected chi connectivity index (χ3v) is 3.93. The normalized spacial score (nSPS) is 20.4. The molecule has 0 radical (unpaired) electrons. The summed E-state index contributed by atoms with van der Waals surface area (Å²) in [6.07, 6.45) is 2.59. The van der Waals surface area contributed by atoms with E-state index in [4.69, 9.17) is 9.15 Å². The van der Waals surface area contributed by atoms with Crippen LogP contribution in [-0.4, -0.2) is 30.3 Å². The molecule has 1 fully saturated rings. The zero-order chi connectivity index (χ0) is 16.1. The molecular weight excluding hydrogens is 294 g/mol. The lowest BCUT2D eigenvalue weighted by Gasteiger charge is -2.11. The second-order valence-corrected chi connectivity index (χ2v) is 5.71. The highest BCUT2D eigenvalue weighted by molar-refractivity contribution is 5.73. The molecule has 3 rings (SSSR count). The maximum atomic E-state index is 11.8. The van der Waals surface area contributed by atoms with Gasteiger partial charge in [-0.05, 0) is 12.0 Å². The number of ether oxygens (including phenoxy) is 1. The highest BCUT2D eigenvalue weighted by Crippen LogP contribution is 2.28. The Morgan fingerprint density at radius 1 is 1.30 bits per heavy atom. The number of aryl methyl sites for hydroxylation is 1. The number of hydrogen-bond acceptors (Lipinski definition) is 4. The molecule has 2 amide bonds. The average Bonchev–Trinajstić information content (AvgIpc) is 3.21. The molecule has 0 aliphatic carbocycles. The Balaban J connectivity index is 1.38. The standard InChI is InChI=1S/C17H21N3O3/c1-12-18-9-16(23-12)10-20-17(21)19-8-15-7-14(11-22-15)13-5-3-2-4-6-13/h2-6,9,14-15H,7-8,10-11H2,1H3,(H2,19,20,21)/t14-,15-/m0/s1. The molecule has 6 nitrogen and oxygen atoms in total. The molecule has 6 heteroatoms. The number of oxazole rings is 1. The molecule has 23 heavy (non-hydrogen) atoms. The fraction of sp³-hybridized carbons (Fsp3) is 0.412. The fourth-order valence-corrected chi connectivity index (χ4v) is 2.73. The summed E-state index contributed by atoms with van der Waals surface area (Å²) in [5, 5.41) is 5.58. The molecule has 1 aromatic carbocycles. The zero-order valence-electron chi connectivity index (χ0n) is 13.1. The molecule has 2 atom stereocenters. The molecule has 2 N–H and O–H groups in total. The predicted octanol–water partition coefficient (Wildman–Crippen LogP) is 2.35. The second-order valence-electron chi connectivity index (χ2n) is 5.71. The monoisotopic (exact) mass is 315 g/mol. The first kappa shape index (κ1) is 15.6. The van der Waals surface area contributed by atoms with Gasteiger partial charge < -0.3 is 19.8 Å². The average molecular weight is 315 g/mol. The van der Waals surface area contributed by atoms with Crippen LogP contribution in [0, 0.1) is 6.92 Å². The number of aromatic nitrogens is 1. The van der Waals surface area contributed by atoms with Gasteiger partial charge in [0.2, 0.25) is 0 Å². The highest BCUT2D eigenvalue weighted by Gasteiger charge is 2.26. The highest BCUT2D eigenvalue weighted by atomic mass is 16.5. The van der Waals surface area contributed by atoms with Gasteiger partial charge in [-0.15, -0.1) is 0 Å². The van der Waals surface area contributed by atoms with Crippen LogP contribution in [0.5, 0.6) is 0 Å². The third-order valence-electron chi connectivity index (χ3n) is 3.93. The van der Waals surface area contributed by atoms with Crippen molar-refractivity contribution in [2.24, 2.45) is 0 Å².